The third-order valence-electron chi connectivity index (χ3n) is 4.11. The molecule has 140 valence electrons. The van der Waals surface area contributed by atoms with Crippen LogP contribution in [0.15, 0.2) is 18.2 Å². The molecule has 0 spiro atoms. The lowest BCUT2D eigenvalue weighted by Crippen LogP contribution is -2.46. The van der Waals surface area contributed by atoms with Gasteiger partial charge in [-0.3, -0.25) is 0 Å². The summed E-state index contributed by atoms with van der Waals surface area (Å²) in [7, 11) is -0.459. The first-order chi connectivity index (χ1) is 11.7. The Hall–Kier alpha value is -1.78. The van der Waals surface area contributed by atoms with Crippen molar-refractivity contribution in [3.63, 3.8) is 0 Å². The molecule has 0 radical (unpaired) electrons. The number of halogens is 2. The Balaban J connectivity index is 1.80. The van der Waals surface area contributed by atoms with Crippen LogP contribution in [-0.4, -0.2) is 56.8 Å². The zero-order chi connectivity index (χ0) is 18.6. The number of amides is 2. The largest absolute Gasteiger partial charge is 0.338 e. The number of anilines is 1. The molecule has 2 N–H and O–H groups in total. The van der Waals surface area contributed by atoms with E-state index < -0.39 is 33.6 Å². The molecule has 1 saturated heterocycles. The highest BCUT2D eigenvalue weighted by molar-refractivity contribution is 7.86. The molecule has 0 bridgehead atoms. The van der Waals surface area contributed by atoms with Gasteiger partial charge in [0.25, 0.3) is 10.2 Å². The number of rotatable bonds is 5. The summed E-state index contributed by atoms with van der Waals surface area (Å²) in [5, 5.41) is 4.72. The van der Waals surface area contributed by atoms with Gasteiger partial charge in [0.2, 0.25) is 0 Å². The van der Waals surface area contributed by atoms with Crippen LogP contribution in [0.3, 0.4) is 0 Å². The Morgan fingerprint density at radius 3 is 2.32 bits per heavy atom. The summed E-state index contributed by atoms with van der Waals surface area (Å²) >= 11 is 0. The molecule has 10 heteroatoms. The molecule has 0 saturated carbocycles. The SMILES string of the molecule is CN(C)S(=O)(=O)N1CCC(CNC(=O)Nc2c(F)cccc2F)CC1. The molecule has 1 aromatic rings. The van der Waals surface area contributed by atoms with Gasteiger partial charge in [-0.25, -0.2) is 13.6 Å². The van der Waals surface area contributed by atoms with Crippen molar-refractivity contribution in [3.8, 4) is 0 Å². The maximum absolute atomic E-state index is 13.5. The number of carbonyl (C=O) groups is 1. The van der Waals surface area contributed by atoms with E-state index in [4.69, 9.17) is 0 Å². The van der Waals surface area contributed by atoms with Crippen LogP contribution in [0.2, 0.25) is 0 Å². The number of benzene rings is 1. The molecule has 1 aliphatic rings. The summed E-state index contributed by atoms with van der Waals surface area (Å²) in [6.45, 7) is 1.05. The van der Waals surface area contributed by atoms with Crippen molar-refractivity contribution in [2.75, 3.05) is 39.0 Å². The average Bonchev–Trinajstić information content (AvgIpc) is 2.56. The zero-order valence-corrected chi connectivity index (χ0v) is 14.9. The third-order valence-corrected chi connectivity index (χ3v) is 6.05. The van der Waals surface area contributed by atoms with Gasteiger partial charge in [0.1, 0.15) is 17.3 Å². The number of nitrogens with one attached hydrogen (secondary N) is 2. The lowest BCUT2D eigenvalue weighted by atomic mass is 9.98. The number of piperidine rings is 1. The van der Waals surface area contributed by atoms with Crippen molar-refractivity contribution in [1.29, 1.82) is 0 Å². The first-order valence-corrected chi connectivity index (χ1v) is 9.28. The summed E-state index contributed by atoms with van der Waals surface area (Å²) < 4.78 is 53.6. The molecule has 2 amide bonds. The minimum atomic E-state index is -3.42. The van der Waals surface area contributed by atoms with Gasteiger partial charge in [-0.1, -0.05) is 6.07 Å². The zero-order valence-electron chi connectivity index (χ0n) is 14.1. The fraction of sp³-hybridized carbons (Fsp3) is 0.533. The minimum Gasteiger partial charge on any atom is -0.338 e. The van der Waals surface area contributed by atoms with Crippen LogP contribution in [0.1, 0.15) is 12.8 Å². The van der Waals surface area contributed by atoms with Gasteiger partial charge in [-0.05, 0) is 30.9 Å². The van der Waals surface area contributed by atoms with E-state index in [0.29, 0.717) is 32.5 Å². The van der Waals surface area contributed by atoms with Crippen LogP contribution in [0.5, 0.6) is 0 Å². The van der Waals surface area contributed by atoms with Gasteiger partial charge in [-0.15, -0.1) is 0 Å². The fourth-order valence-corrected chi connectivity index (χ4v) is 3.72. The highest BCUT2D eigenvalue weighted by Gasteiger charge is 2.29. The Morgan fingerprint density at radius 2 is 1.80 bits per heavy atom. The fourth-order valence-electron chi connectivity index (χ4n) is 2.59. The Kier molecular flexibility index (Phi) is 6.31. The van der Waals surface area contributed by atoms with Crippen molar-refractivity contribution < 1.29 is 22.0 Å². The molecule has 0 aliphatic carbocycles. The number of hydrogen-bond acceptors (Lipinski definition) is 3. The Labute approximate surface area is 146 Å². The maximum atomic E-state index is 13.5. The Morgan fingerprint density at radius 1 is 1.24 bits per heavy atom. The highest BCUT2D eigenvalue weighted by atomic mass is 32.2. The molecule has 0 atom stereocenters. The van der Waals surface area contributed by atoms with Gasteiger partial charge < -0.3 is 10.6 Å². The first kappa shape index (κ1) is 19.5. The van der Waals surface area contributed by atoms with E-state index in [-0.39, 0.29) is 5.92 Å². The summed E-state index contributed by atoms with van der Waals surface area (Å²) in [4.78, 5) is 11.8. The van der Waals surface area contributed by atoms with Crippen LogP contribution in [0.25, 0.3) is 0 Å². The number of nitrogens with zero attached hydrogens (tertiary/aromatic N) is 2. The van der Waals surface area contributed by atoms with Crippen LogP contribution in [0, 0.1) is 17.6 Å². The van der Waals surface area contributed by atoms with Crippen molar-refractivity contribution >= 4 is 21.9 Å². The lowest BCUT2D eigenvalue weighted by molar-refractivity contribution is 0.238. The van der Waals surface area contributed by atoms with E-state index in [1.165, 1.54) is 28.8 Å². The van der Waals surface area contributed by atoms with E-state index in [1.807, 2.05) is 0 Å². The molecule has 0 aromatic heterocycles. The standard InChI is InChI=1S/C15H22F2N4O3S/c1-20(2)25(23,24)21-8-6-11(7-9-21)10-18-15(22)19-14-12(16)4-3-5-13(14)17/h3-5,11H,6-10H2,1-2H3,(H2,18,19,22). The summed E-state index contributed by atoms with van der Waals surface area (Å²) in [6.07, 6.45) is 1.20. The van der Waals surface area contributed by atoms with Crippen molar-refractivity contribution in [1.82, 2.24) is 13.9 Å². The van der Waals surface area contributed by atoms with Gasteiger partial charge >= 0.3 is 6.03 Å². The topological polar surface area (TPSA) is 81.8 Å². The van der Waals surface area contributed by atoms with E-state index in [2.05, 4.69) is 10.6 Å². The minimum absolute atomic E-state index is 0.102. The number of urea groups is 1. The molecular weight excluding hydrogens is 354 g/mol. The van der Waals surface area contributed by atoms with Crippen molar-refractivity contribution in [2.45, 2.75) is 12.8 Å². The predicted octanol–water partition coefficient (Wildman–Crippen LogP) is 1.60. The molecule has 2 rings (SSSR count). The van der Waals surface area contributed by atoms with E-state index in [9.17, 15) is 22.0 Å². The first-order valence-electron chi connectivity index (χ1n) is 7.88. The van der Waals surface area contributed by atoms with Crippen molar-refractivity contribution in [2.24, 2.45) is 5.92 Å². The second-order valence-corrected chi connectivity index (χ2v) is 8.21. The number of carbonyl (C=O) groups excluding carboxylic acids is 1. The van der Waals surface area contributed by atoms with Gasteiger partial charge in [0.15, 0.2) is 0 Å². The second kappa shape index (κ2) is 8.07. The quantitative estimate of drug-likeness (QED) is 0.819. The summed E-state index contributed by atoms with van der Waals surface area (Å²) in [6, 6.07) is 2.62. The van der Waals surface area contributed by atoms with Gasteiger partial charge in [-0.2, -0.15) is 17.0 Å². The van der Waals surface area contributed by atoms with E-state index in [0.717, 1.165) is 12.1 Å². The molecule has 7 nitrogen and oxygen atoms in total. The molecule has 1 heterocycles. The smallest absolute Gasteiger partial charge is 0.319 e. The second-order valence-electron chi connectivity index (χ2n) is 6.06. The number of para-hydroxylation sites is 1. The third kappa shape index (κ3) is 4.86. The van der Waals surface area contributed by atoms with Crippen LogP contribution < -0.4 is 10.6 Å². The maximum Gasteiger partial charge on any atom is 0.319 e. The highest BCUT2D eigenvalue weighted by Crippen LogP contribution is 2.20. The van der Waals surface area contributed by atoms with Crippen LogP contribution in [-0.2, 0) is 10.2 Å². The molecule has 0 unspecified atom stereocenters. The monoisotopic (exact) mass is 376 g/mol. The van der Waals surface area contributed by atoms with Crippen molar-refractivity contribution in [3.05, 3.63) is 29.8 Å². The van der Waals surface area contributed by atoms with Crippen LogP contribution >= 0.6 is 0 Å². The molecule has 1 aliphatic heterocycles. The molecule has 1 aromatic carbocycles. The van der Waals surface area contributed by atoms with E-state index in [1.54, 1.807) is 0 Å². The summed E-state index contributed by atoms with van der Waals surface area (Å²) in [5.74, 6) is -1.60. The molecule has 25 heavy (non-hydrogen) atoms. The lowest BCUT2D eigenvalue weighted by Gasteiger charge is -2.32. The van der Waals surface area contributed by atoms with E-state index >= 15 is 0 Å². The average molecular weight is 376 g/mol. The number of hydrogen-bond donors (Lipinski definition) is 2. The Bertz CT molecular complexity index is 699. The summed E-state index contributed by atoms with van der Waals surface area (Å²) in [5.41, 5.74) is -0.494. The predicted molar refractivity (Wildman–Crippen MR) is 90.3 cm³/mol. The van der Waals surface area contributed by atoms with Crippen LogP contribution in [0.4, 0.5) is 19.3 Å². The molecular formula is C15H22F2N4O3S. The normalized spacial score (nSPS) is 16.8. The molecule has 1 fully saturated rings. The van der Waals surface area contributed by atoms with Gasteiger partial charge in [0.05, 0.1) is 0 Å². The van der Waals surface area contributed by atoms with Gasteiger partial charge in [0, 0.05) is 33.7 Å².